The topological polar surface area (TPSA) is 38.7 Å². The van der Waals surface area contributed by atoms with Gasteiger partial charge < -0.3 is 4.74 Å². The first-order valence-electron chi connectivity index (χ1n) is 5.78. The summed E-state index contributed by atoms with van der Waals surface area (Å²) < 4.78 is 5.38. The highest BCUT2D eigenvalue weighted by molar-refractivity contribution is 5.98. The van der Waals surface area contributed by atoms with Gasteiger partial charge in [0.1, 0.15) is 5.60 Å². The molecule has 3 heteroatoms. The summed E-state index contributed by atoms with van der Waals surface area (Å²) in [5, 5.41) is 0. The molecule has 1 aliphatic rings. The minimum absolute atomic E-state index is 0.249. The van der Waals surface area contributed by atoms with Gasteiger partial charge in [-0.1, -0.05) is 13.3 Å². The van der Waals surface area contributed by atoms with E-state index in [4.69, 9.17) is 4.74 Å². The molecule has 0 N–H and O–H groups in total. The van der Waals surface area contributed by atoms with Crippen molar-refractivity contribution in [3.8, 4) is 0 Å². The highest BCUT2D eigenvalue weighted by Gasteiger charge is 2.36. The predicted molar refractivity (Wildman–Crippen MR) is 65.7 cm³/mol. The normalized spacial score (nSPS) is 24.4. The van der Waals surface area contributed by atoms with Gasteiger partial charge in [0.25, 0.3) is 0 Å². The molecule has 0 aromatic carbocycles. The number of hydrogen-bond donors (Lipinski definition) is 0. The van der Waals surface area contributed by atoms with Crippen LogP contribution in [0.15, 0.2) is 16.6 Å². The average Bonchev–Trinajstić information content (AvgIpc) is 2.44. The number of carbonyl (C=O) groups excluding carboxylic acids is 1. The van der Waals surface area contributed by atoms with Gasteiger partial charge in [0.2, 0.25) is 0 Å². The van der Waals surface area contributed by atoms with E-state index in [0.717, 1.165) is 12.8 Å². The van der Waals surface area contributed by atoms with Crippen molar-refractivity contribution >= 4 is 12.2 Å². The molecule has 0 spiro atoms. The Morgan fingerprint density at radius 3 is 2.62 bits per heavy atom. The summed E-state index contributed by atoms with van der Waals surface area (Å²) in [4.78, 5) is 16.4. The lowest BCUT2D eigenvalue weighted by Gasteiger charge is -2.26. The zero-order chi connectivity index (χ0) is 12.4. The highest BCUT2D eigenvalue weighted by atomic mass is 16.6. The molecular formula is C13H21NO2. The number of allylic oxidation sites excluding steroid dienone is 1. The largest absolute Gasteiger partial charge is 0.457 e. The quantitative estimate of drug-likeness (QED) is 0.690. The molecule has 0 aromatic rings. The Kier molecular flexibility index (Phi) is 3.56. The van der Waals surface area contributed by atoms with Crippen LogP contribution >= 0.6 is 0 Å². The van der Waals surface area contributed by atoms with Crippen molar-refractivity contribution < 1.29 is 9.53 Å². The van der Waals surface area contributed by atoms with Gasteiger partial charge in [0, 0.05) is 6.21 Å². The predicted octanol–water partition coefficient (Wildman–Crippen LogP) is 2.90. The van der Waals surface area contributed by atoms with Gasteiger partial charge in [-0.15, -0.1) is 0 Å². The van der Waals surface area contributed by atoms with Gasteiger partial charge in [0.15, 0.2) is 0 Å². The van der Waals surface area contributed by atoms with Crippen LogP contribution in [0.5, 0.6) is 0 Å². The van der Waals surface area contributed by atoms with Crippen LogP contribution in [-0.2, 0) is 9.53 Å². The van der Waals surface area contributed by atoms with Gasteiger partial charge in [-0.05, 0) is 40.2 Å². The van der Waals surface area contributed by atoms with E-state index in [0.29, 0.717) is 5.57 Å². The first-order chi connectivity index (χ1) is 7.28. The number of nitrogens with zero attached hydrogens (tertiary/aromatic N) is 1. The van der Waals surface area contributed by atoms with Gasteiger partial charge in [-0.25, -0.2) is 4.79 Å². The van der Waals surface area contributed by atoms with Crippen LogP contribution in [0.3, 0.4) is 0 Å². The standard InChI is InChI=1S/C13H21NO2/c1-6-8-13(5)10(7-9-14-13)11(15)16-12(2,3)4/h7,9H,6,8H2,1-5H3. The van der Waals surface area contributed by atoms with Crippen LogP contribution in [-0.4, -0.2) is 23.3 Å². The molecule has 0 amide bonds. The van der Waals surface area contributed by atoms with E-state index in [9.17, 15) is 4.79 Å². The molecular weight excluding hydrogens is 202 g/mol. The summed E-state index contributed by atoms with van der Waals surface area (Å²) in [5.74, 6) is -0.249. The molecule has 1 heterocycles. The Bertz CT molecular complexity index is 336. The maximum absolute atomic E-state index is 12.0. The third-order valence-corrected chi connectivity index (χ3v) is 2.54. The zero-order valence-electron chi connectivity index (χ0n) is 10.8. The summed E-state index contributed by atoms with van der Waals surface area (Å²) in [6.07, 6.45) is 5.33. The first-order valence-corrected chi connectivity index (χ1v) is 5.78. The second-order valence-electron chi connectivity index (χ2n) is 5.38. The second kappa shape index (κ2) is 4.40. The average molecular weight is 223 g/mol. The van der Waals surface area contributed by atoms with Gasteiger partial charge in [0.05, 0.1) is 11.1 Å². The summed E-state index contributed by atoms with van der Waals surface area (Å²) >= 11 is 0. The summed E-state index contributed by atoms with van der Waals surface area (Å²) in [7, 11) is 0. The molecule has 1 rings (SSSR count). The number of rotatable bonds is 3. The molecule has 0 bridgehead atoms. The molecule has 16 heavy (non-hydrogen) atoms. The van der Waals surface area contributed by atoms with E-state index in [2.05, 4.69) is 11.9 Å². The van der Waals surface area contributed by atoms with Crippen LogP contribution in [0.25, 0.3) is 0 Å². The number of carbonyl (C=O) groups is 1. The Morgan fingerprint density at radius 1 is 1.50 bits per heavy atom. The molecule has 0 aromatic heterocycles. The molecule has 0 aliphatic carbocycles. The maximum atomic E-state index is 12.0. The minimum Gasteiger partial charge on any atom is -0.457 e. The van der Waals surface area contributed by atoms with Crippen molar-refractivity contribution in [3.63, 3.8) is 0 Å². The van der Waals surface area contributed by atoms with Crippen LogP contribution in [0.2, 0.25) is 0 Å². The van der Waals surface area contributed by atoms with E-state index in [1.165, 1.54) is 0 Å². The lowest BCUT2D eigenvalue weighted by Crippen LogP contribution is -2.32. The Labute approximate surface area is 97.6 Å². The third-order valence-electron chi connectivity index (χ3n) is 2.54. The second-order valence-corrected chi connectivity index (χ2v) is 5.38. The zero-order valence-corrected chi connectivity index (χ0v) is 10.8. The van der Waals surface area contributed by atoms with Gasteiger partial charge >= 0.3 is 5.97 Å². The summed E-state index contributed by atoms with van der Waals surface area (Å²) in [5.41, 5.74) is -0.172. The van der Waals surface area contributed by atoms with Gasteiger partial charge in [-0.3, -0.25) is 4.99 Å². The van der Waals surface area contributed by atoms with E-state index in [1.54, 1.807) is 12.3 Å². The number of esters is 1. The number of ether oxygens (including phenoxy) is 1. The first kappa shape index (κ1) is 12.9. The van der Waals surface area contributed by atoms with Crippen LogP contribution < -0.4 is 0 Å². The fourth-order valence-electron chi connectivity index (χ4n) is 1.83. The van der Waals surface area contributed by atoms with Crippen molar-refractivity contribution in [2.24, 2.45) is 4.99 Å². The summed E-state index contributed by atoms with van der Waals surface area (Å²) in [6, 6.07) is 0. The molecule has 3 nitrogen and oxygen atoms in total. The van der Waals surface area contributed by atoms with Crippen LogP contribution in [0.1, 0.15) is 47.5 Å². The van der Waals surface area contributed by atoms with Crippen LogP contribution in [0.4, 0.5) is 0 Å². The molecule has 90 valence electrons. The monoisotopic (exact) mass is 223 g/mol. The van der Waals surface area contributed by atoms with E-state index >= 15 is 0 Å². The minimum atomic E-state index is -0.451. The van der Waals surface area contributed by atoms with E-state index in [-0.39, 0.29) is 5.97 Å². The third kappa shape index (κ3) is 2.94. The number of hydrogen-bond acceptors (Lipinski definition) is 3. The smallest absolute Gasteiger partial charge is 0.337 e. The van der Waals surface area contributed by atoms with Crippen molar-refractivity contribution in [2.75, 3.05) is 0 Å². The fraction of sp³-hybridized carbons (Fsp3) is 0.692. The molecule has 0 radical (unpaired) electrons. The lowest BCUT2D eigenvalue weighted by molar-refractivity contribution is -0.150. The van der Waals surface area contributed by atoms with E-state index in [1.807, 2.05) is 27.7 Å². The molecule has 0 saturated carbocycles. The molecule has 0 saturated heterocycles. The molecule has 1 aliphatic heterocycles. The number of aliphatic imine (C=N–C) groups is 1. The van der Waals surface area contributed by atoms with E-state index < -0.39 is 11.1 Å². The highest BCUT2D eigenvalue weighted by Crippen LogP contribution is 2.31. The fourth-order valence-corrected chi connectivity index (χ4v) is 1.83. The van der Waals surface area contributed by atoms with Crippen molar-refractivity contribution in [1.29, 1.82) is 0 Å². The van der Waals surface area contributed by atoms with Crippen molar-refractivity contribution in [2.45, 2.75) is 58.6 Å². The maximum Gasteiger partial charge on any atom is 0.337 e. The SMILES string of the molecule is CCCC1(C)N=CC=C1C(=O)OC(C)(C)C. The molecule has 1 atom stereocenters. The van der Waals surface area contributed by atoms with Crippen molar-refractivity contribution in [1.82, 2.24) is 0 Å². The van der Waals surface area contributed by atoms with Gasteiger partial charge in [-0.2, -0.15) is 0 Å². The molecule has 0 fully saturated rings. The van der Waals surface area contributed by atoms with Crippen LogP contribution in [0, 0.1) is 0 Å². The summed E-state index contributed by atoms with van der Waals surface area (Å²) in [6.45, 7) is 9.69. The molecule has 1 unspecified atom stereocenters. The van der Waals surface area contributed by atoms with Crippen molar-refractivity contribution in [3.05, 3.63) is 11.6 Å². The lowest BCUT2D eigenvalue weighted by atomic mass is 9.89. The Morgan fingerprint density at radius 2 is 2.12 bits per heavy atom. The Hall–Kier alpha value is -1.12. The Balaban J connectivity index is 2.78.